The number of fused-ring (bicyclic) bond motifs is 1. The summed E-state index contributed by atoms with van der Waals surface area (Å²) in [6, 6.07) is 18.7. The van der Waals surface area contributed by atoms with Gasteiger partial charge in [-0.1, -0.05) is 56.3 Å². The number of oxazole rings is 1. The molecule has 154 valence electrons. The van der Waals surface area contributed by atoms with Gasteiger partial charge in [-0.05, 0) is 29.0 Å². The van der Waals surface area contributed by atoms with Crippen molar-refractivity contribution in [3.05, 3.63) is 78.4 Å². The molecule has 0 aliphatic rings. The van der Waals surface area contributed by atoms with Gasteiger partial charge in [0.1, 0.15) is 0 Å². The molecule has 0 aliphatic heterocycles. The maximum absolute atomic E-state index is 12.2. The number of nitrogens with zero attached hydrogens (tertiary/aromatic N) is 2. The summed E-state index contributed by atoms with van der Waals surface area (Å²) in [4.78, 5) is 16.5. The van der Waals surface area contributed by atoms with E-state index in [0.717, 1.165) is 17.9 Å². The molecule has 4 aromatic rings. The second kappa shape index (κ2) is 8.99. The van der Waals surface area contributed by atoms with Crippen LogP contribution >= 0.6 is 0 Å². The van der Waals surface area contributed by atoms with E-state index in [2.05, 4.69) is 77.4 Å². The molecule has 1 amide bonds. The molecule has 2 aromatic carbocycles. The zero-order valence-electron chi connectivity index (χ0n) is 17.5. The molecule has 0 fully saturated rings. The van der Waals surface area contributed by atoms with Gasteiger partial charge in [0.25, 0.3) is 0 Å². The van der Waals surface area contributed by atoms with Crippen LogP contribution in [-0.2, 0) is 17.8 Å². The first kappa shape index (κ1) is 20.0. The number of carbonyl (C=O) groups is 1. The van der Waals surface area contributed by atoms with Crippen molar-refractivity contribution in [2.75, 3.05) is 6.54 Å². The average Bonchev–Trinajstić information content (AvgIpc) is 3.40. The molecule has 0 atom stereocenters. The van der Waals surface area contributed by atoms with Crippen LogP contribution in [0.25, 0.3) is 22.2 Å². The van der Waals surface area contributed by atoms with E-state index >= 15 is 0 Å². The number of para-hydroxylation sites is 1. The fraction of sp³-hybridized carbons (Fsp3) is 0.280. The summed E-state index contributed by atoms with van der Waals surface area (Å²) in [5.41, 5.74) is 3.48. The number of benzene rings is 2. The Balaban J connectivity index is 1.25. The van der Waals surface area contributed by atoms with Crippen LogP contribution in [0.5, 0.6) is 0 Å². The van der Waals surface area contributed by atoms with E-state index in [1.807, 2.05) is 12.1 Å². The lowest BCUT2D eigenvalue weighted by atomic mass is 10.0. The molecule has 4 rings (SSSR count). The van der Waals surface area contributed by atoms with E-state index in [1.54, 1.807) is 6.20 Å². The quantitative estimate of drug-likeness (QED) is 0.443. The Hall–Kier alpha value is -3.34. The molecule has 5 nitrogen and oxygen atoms in total. The van der Waals surface area contributed by atoms with E-state index in [4.69, 9.17) is 4.42 Å². The van der Waals surface area contributed by atoms with Gasteiger partial charge >= 0.3 is 0 Å². The fourth-order valence-electron chi connectivity index (χ4n) is 3.55. The van der Waals surface area contributed by atoms with Crippen molar-refractivity contribution in [1.29, 1.82) is 0 Å². The molecule has 0 bridgehead atoms. The molecular formula is C25H27N3O2. The first-order chi connectivity index (χ1) is 14.6. The predicted octanol–water partition coefficient (Wildman–Crippen LogP) is 5.17. The first-order valence-corrected chi connectivity index (χ1v) is 10.5. The third-order valence-corrected chi connectivity index (χ3v) is 5.34. The second-order valence-corrected chi connectivity index (χ2v) is 7.81. The number of hydrogen-bond donors (Lipinski definition) is 1. The van der Waals surface area contributed by atoms with Crippen molar-refractivity contribution < 1.29 is 9.21 Å². The Morgan fingerprint density at radius 2 is 1.90 bits per heavy atom. The normalized spacial score (nSPS) is 11.3. The van der Waals surface area contributed by atoms with Crippen LogP contribution in [-0.4, -0.2) is 22.0 Å². The predicted molar refractivity (Wildman–Crippen MR) is 119 cm³/mol. The SMILES string of the molecule is CC(C)c1ccc(-c2cnc(CCC(=O)NCCn3ccc4ccccc43)o2)cc1. The highest BCUT2D eigenvalue weighted by Gasteiger charge is 2.10. The Morgan fingerprint density at radius 1 is 1.10 bits per heavy atom. The number of aromatic nitrogens is 2. The van der Waals surface area contributed by atoms with Crippen LogP contribution < -0.4 is 5.32 Å². The van der Waals surface area contributed by atoms with Crippen molar-refractivity contribution in [3.8, 4) is 11.3 Å². The number of aryl methyl sites for hydroxylation is 1. The van der Waals surface area contributed by atoms with Gasteiger partial charge in [-0.25, -0.2) is 4.98 Å². The van der Waals surface area contributed by atoms with Crippen LogP contribution in [0.2, 0.25) is 0 Å². The number of amides is 1. The van der Waals surface area contributed by atoms with Crippen molar-refractivity contribution >= 4 is 16.8 Å². The lowest BCUT2D eigenvalue weighted by Crippen LogP contribution is -2.27. The highest BCUT2D eigenvalue weighted by molar-refractivity contribution is 5.80. The van der Waals surface area contributed by atoms with Crippen molar-refractivity contribution in [3.63, 3.8) is 0 Å². The third kappa shape index (κ3) is 4.62. The van der Waals surface area contributed by atoms with E-state index < -0.39 is 0 Å². The van der Waals surface area contributed by atoms with Crippen molar-refractivity contribution in [1.82, 2.24) is 14.9 Å². The molecule has 1 N–H and O–H groups in total. The molecule has 0 unspecified atom stereocenters. The molecular weight excluding hydrogens is 374 g/mol. The fourth-order valence-corrected chi connectivity index (χ4v) is 3.55. The Kier molecular flexibility index (Phi) is 5.98. The van der Waals surface area contributed by atoms with Crippen LogP contribution in [0.4, 0.5) is 0 Å². The highest BCUT2D eigenvalue weighted by Crippen LogP contribution is 2.23. The van der Waals surface area contributed by atoms with Gasteiger partial charge in [-0.2, -0.15) is 0 Å². The number of hydrogen-bond acceptors (Lipinski definition) is 3. The van der Waals surface area contributed by atoms with E-state index in [0.29, 0.717) is 31.2 Å². The molecule has 0 saturated carbocycles. The van der Waals surface area contributed by atoms with Gasteiger partial charge in [0.15, 0.2) is 11.7 Å². The summed E-state index contributed by atoms with van der Waals surface area (Å²) in [6.07, 6.45) is 4.63. The maximum Gasteiger partial charge on any atom is 0.220 e. The molecule has 0 radical (unpaired) electrons. The summed E-state index contributed by atoms with van der Waals surface area (Å²) in [5.74, 6) is 1.83. The average molecular weight is 402 g/mol. The molecule has 0 aliphatic carbocycles. The minimum atomic E-state index is 0.00694. The molecule has 0 spiro atoms. The van der Waals surface area contributed by atoms with Gasteiger partial charge in [0, 0.05) is 43.2 Å². The Morgan fingerprint density at radius 3 is 2.70 bits per heavy atom. The second-order valence-electron chi connectivity index (χ2n) is 7.81. The molecule has 5 heteroatoms. The Bertz CT molecular complexity index is 1120. The molecule has 2 aromatic heterocycles. The van der Waals surface area contributed by atoms with E-state index in [1.165, 1.54) is 16.5 Å². The number of nitrogens with one attached hydrogen (secondary N) is 1. The highest BCUT2D eigenvalue weighted by atomic mass is 16.4. The summed E-state index contributed by atoms with van der Waals surface area (Å²) in [6.45, 7) is 5.69. The van der Waals surface area contributed by atoms with Gasteiger partial charge in [0.05, 0.1) is 6.20 Å². The lowest BCUT2D eigenvalue weighted by Gasteiger charge is -2.07. The monoisotopic (exact) mass is 401 g/mol. The number of carbonyl (C=O) groups excluding carboxylic acids is 1. The molecule has 0 saturated heterocycles. The number of rotatable bonds is 8. The van der Waals surface area contributed by atoms with Crippen molar-refractivity contribution in [2.24, 2.45) is 0 Å². The van der Waals surface area contributed by atoms with Crippen LogP contribution in [0.15, 0.2) is 71.4 Å². The van der Waals surface area contributed by atoms with Crippen molar-refractivity contribution in [2.45, 2.75) is 39.2 Å². The van der Waals surface area contributed by atoms with Gasteiger partial charge in [-0.15, -0.1) is 0 Å². The first-order valence-electron chi connectivity index (χ1n) is 10.5. The van der Waals surface area contributed by atoms with Gasteiger partial charge in [0.2, 0.25) is 5.91 Å². The minimum absolute atomic E-state index is 0.00694. The van der Waals surface area contributed by atoms with Gasteiger partial charge in [-0.3, -0.25) is 4.79 Å². The zero-order valence-corrected chi connectivity index (χ0v) is 17.5. The summed E-state index contributed by atoms with van der Waals surface area (Å²) in [7, 11) is 0. The molecule has 30 heavy (non-hydrogen) atoms. The summed E-state index contributed by atoms with van der Waals surface area (Å²) < 4.78 is 7.99. The smallest absolute Gasteiger partial charge is 0.220 e. The summed E-state index contributed by atoms with van der Waals surface area (Å²) >= 11 is 0. The summed E-state index contributed by atoms with van der Waals surface area (Å²) in [5, 5.41) is 4.19. The van der Waals surface area contributed by atoms with Crippen LogP contribution in [0.1, 0.15) is 37.6 Å². The third-order valence-electron chi connectivity index (χ3n) is 5.34. The maximum atomic E-state index is 12.2. The van der Waals surface area contributed by atoms with E-state index in [-0.39, 0.29) is 5.91 Å². The van der Waals surface area contributed by atoms with Crippen LogP contribution in [0.3, 0.4) is 0 Å². The van der Waals surface area contributed by atoms with E-state index in [9.17, 15) is 4.79 Å². The van der Waals surface area contributed by atoms with Crippen LogP contribution in [0, 0.1) is 0 Å². The van der Waals surface area contributed by atoms with Gasteiger partial charge < -0.3 is 14.3 Å². The topological polar surface area (TPSA) is 60.1 Å². The molecule has 2 heterocycles. The largest absolute Gasteiger partial charge is 0.441 e. The minimum Gasteiger partial charge on any atom is -0.441 e. The zero-order chi connectivity index (χ0) is 20.9. The standard InChI is InChI=1S/C25H27N3O2/c1-18(2)19-7-9-21(10-8-19)23-17-27-25(30-23)12-11-24(29)26-14-16-28-15-13-20-5-3-4-6-22(20)28/h3-10,13,15,17-18H,11-12,14,16H2,1-2H3,(H,26,29). The lowest BCUT2D eigenvalue weighted by molar-refractivity contribution is -0.121. The Labute approximate surface area is 176 Å².